The Morgan fingerprint density at radius 2 is 1.83 bits per heavy atom. The Morgan fingerprint density at radius 1 is 1.25 bits per heavy atom. The van der Waals surface area contributed by atoms with Crippen LogP contribution in [0.5, 0.6) is 11.5 Å². The number of nitro groups is 1. The van der Waals surface area contributed by atoms with Crippen molar-refractivity contribution in [3.05, 3.63) is 76.4 Å². The maximum Gasteiger partial charge on any atom is 0.333 e. The summed E-state index contributed by atoms with van der Waals surface area (Å²) in [7, 11) is 3.60. The minimum Gasteiger partial charge on any atom is -0.459 e. The van der Waals surface area contributed by atoms with Crippen LogP contribution in [0.25, 0.3) is 0 Å². The third kappa shape index (κ3) is 6.07. The Bertz CT molecular complexity index is 1210. The molecule has 11 nitrogen and oxygen atoms in total. The molecule has 0 saturated carbocycles. The summed E-state index contributed by atoms with van der Waals surface area (Å²) in [4.78, 5) is 47.4. The zero-order chi connectivity index (χ0) is 26.6. The number of rotatable bonds is 8. The highest BCUT2D eigenvalue weighted by atomic mass is 35.7. The summed E-state index contributed by atoms with van der Waals surface area (Å²) in [6.07, 6.45) is 0. The number of ether oxygens (including phenoxy) is 2. The van der Waals surface area contributed by atoms with Gasteiger partial charge < -0.3 is 19.7 Å². The molecule has 0 aromatic heterocycles. The third-order valence-corrected chi connectivity index (χ3v) is 6.59. The maximum atomic E-state index is 12.6. The third-order valence-electron chi connectivity index (χ3n) is 5.17. The monoisotopic (exact) mass is 535 g/mol. The lowest BCUT2D eigenvalue weighted by Gasteiger charge is -2.48. The Balaban J connectivity index is 0.000000433. The van der Waals surface area contributed by atoms with Crippen LogP contribution in [-0.4, -0.2) is 49.3 Å². The lowest BCUT2D eigenvalue weighted by atomic mass is 9.99. The highest BCUT2D eigenvalue weighted by Gasteiger charge is 2.56. The first-order valence-electron chi connectivity index (χ1n) is 10.5. The molecule has 2 amide bonds. The molecule has 2 bridgehead atoms. The summed E-state index contributed by atoms with van der Waals surface area (Å²) in [5, 5.41) is 11.9. The Hall–Kier alpha value is -3.77. The van der Waals surface area contributed by atoms with Crippen LogP contribution in [0.15, 0.2) is 60.7 Å². The van der Waals surface area contributed by atoms with Gasteiger partial charge in [0.25, 0.3) is 5.69 Å². The summed E-state index contributed by atoms with van der Waals surface area (Å²) in [5.74, 6) is -0.0187. The number of nitrogens with one attached hydrogen (secondary N) is 1. The molecule has 0 radical (unpaired) electrons. The van der Waals surface area contributed by atoms with E-state index in [0.29, 0.717) is 5.56 Å². The van der Waals surface area contributed by atoms with Crippen molar-refractivity contribution in [2.75, 3.05) is 0 Å². The zero-order valence-corrected chi connectivity index (χ0v) is 20.8. The first-order valence-corrected chi connectivity index (χ1v) is 12.5. The van der Waals surface area contributed by atoms with Crippen LogP contribution in [0.3, 0.4) is 0 Å². The number of hydrogen-bond donors (Lipinski definition) is 1. The smallest absolute Gasteiger partial charge is 0.333 e. The van der Waals surface area contributed by atoms with Crippen molar-refractivity contribution in [1.29, 1.82) is 0 Å². The molecule has 1 fully saturated rings. The summed E-state index contributed by atoms with van der Waals surface area (Å²) < 4.78 is 22.1. The first-order chi connectivity index (χ1) is 17.0. The summed E-state index contributed by atoms with van der Waals surface area (Å²) in [6, 6.07) is 10.9. The Labute approximate surface area is 213 Å². The quantitative estimate of drug-likeness (QED) is 0.116. The number of carbonyl (C=O) groups excluding carboxylic acids is 3. The molecule has 2 aromatic rings. The zero-order valence-electron chi connectivity index (χ0n) is 19.2. The van der Waals surface area contributed by atoms with Gasteiger partial charge >= 0.3 is 5.97 Å². The van der Waals surface area contributed by atoms with Crippen molar-refractivity contribution in [3.8, 4) is 11.5 Å². The number of esters is 1. The van der Waals surface area contributed by atoms with Gasteiger partial charge in [0.2, 0.25) is 11.8 Å². The molecule has 190 valence electrons. The lowest BCUT2D eigenvalue weighted by molar-refractivity contribution is -0.384. The normalized spacial score (nSPS) is 18.6. The molecule has 1 saturated heterocycles. The van der Waals surface area contributed by atoms with Gasteiger partial charge in [0.05, 0.1) is 4.92 Å². The molecule has 5 rings (SSSR count). The number of non-ortho nitro benzene ring substituents is 1. The van der Waals surface area contributed by atoms with Crippen LogP contribution in [0.4, 0.5) is 5.69 Å². The largest absolute Gasteiger partial charge is 0.459 e. The molecule has 0 spiro atoms. The van der Waals surface area contributed by atoms with Crippen LogP contribution in [-0.2, 0) is 35.7 Å². The van der Waals surface area contributed by atoms with Crippen molar-refractivity contribution < 1.29 is 33.0 Å². The summed E-state index contributed by atoms with van der Waals surface area (Å²) in [6.45, 7) is 6.16. The second-order valence-corrected chi connectivity index (χ2v) is 9.81. The standard InChI is InChI=1S/C17H18ClN3O7S.C6H4O/c1-9(2)14(20-15(23)13(19-10(3)22)16(20)29(18)27)17(24)28-8-11-4-6-12(7-5-11)21(25)26;1-2-5-4-6(3-1)7-5/h4-7,13-14,16H,1,8H2,2-3H3,(H,19,22);1-4H. The number of nitrogens with zero attached hydrogens (tertiary/aromatic N) is 2. The minimum atomic E-state index is -2.07. The van der Waals surface area contributed by atoms with E-state index >= 15 is 0 Å². The highest BCUT2D eigenvalue weighted by molar-refractivity contribution is 8.08. The van der Waals surface area contributed by atoms with Crippen molar-refractivity contribution in [1.82, 2.24) is 10.2 Å². The molecule has 3 aliphatic rings. The van der Waals surface area contributed by atoms with E-state index in [9.17, 15) is 28.7 Å². The molecule has 2 aromatic carbocycles. The Morgan fingerprint density at radius 3 is 2.22 bits per heavy atom. The molecule has 4 atom stereocenters. The van der Waals surface area contributed by atoms with Crippen LogP contribution in [0, 0.1) is 10.1 Å². The molecule has 13 heteroatoms. The van der Waals surface area contributed by atoms with E-state index in [0.717, 1.165) is 16.4 Å². The van der Waals surface area contributed by atoms with Gasteiger partial charge in [-0.2, -0.15) is 0 Å². The first kappa shape index (κ1) is 26.8. The second kappa shape index (κ2) is 11.3. The van der Waals surface area contributed by atoms with E-state index in [-0.39, 0.29) is 17.9 Å². The van der Waals surface area contributed by atoms with Gasteiger partial charge in [-0.25, -0.2) is 9.00 Å². The van der Waals surface area contributed by atoms with E-state index < -0.39 is 50.2 Å². The molecular weight excluding hydrogens is 514 g/mol. The van der Waals surface area contributed by atoms with Gasteiger partial charge in [-0.15, -0.1) is 0 Å². The fourth-order valence-corrected chi connectivity index (χ4v) is 4.86. The van der Waals surface area contributed by atoms with Gasteiger partial charge in [0.1, 0.15) is 34.2 Å². The Kier molecular flexibility index (Phi) is 8.43. The van der Waals surface area contributed by atoms with Crippen LogP contribution in [0.1, 0.15) is 19.4 Å². The molecular formula is C23H22ClN3O8S. The molecule has 4 unspecified atom stereocenters. The maximum absolute atomic E-state index is 12.6. The number of fused-ring (bicyclic) bond motifs is 2. The van der Waals surface area contributed by atoms with Crippen molar-refractivity contribution in [3.63, 3.8) is 0 Å². The van der Waals surface area contributed by atoms with Crippen LogP contribution >= 0.6 is 10.7 Å². The number of halogens is 1. The van der Waals surface area contributed by atoms with Crippen molar-refractivity contribution >= 4 is 44.2 Å². The summed E-state index contributed by atoms with van der Waals surface area (Å²) in [5.41, 5.74) is 0.635. The van der Waals surface area contributed by atoms with Crippen molar-refractivity contribution in [2.24, 2.45) is 0 Å². The number of amides is 2. The van der Waals surface area contributed by atoms with E-state index in [4.69, 9.17) is 20.2 Å². The molecule has 0 aliphatic carbocycles. The number of hydrogen-bond acceptors (Lipinski definition) is 8. The highest BCUT2D eigenvalue weighted by Crippen LogP contribution is 2.33. The predicted molar refractivity (Wildman–Crippen MR) is 130 cm³/mol. The second-order valence-electron chi connectivity index (χ2n) is 7.92. The number of β-lactam (4-membered cyclic amide) rings is 1. The van der Waals surface area contributed by atoms with Crippen LogP contribution < -0.4 is 10.1 Å². The van der Waals surface area contributed by atoms with Gasteiger partial charge in [0, 0.05) is 25.1 Å². The minimum absolute atomic E-state index is 0.109. The topological polar surface area (TPSA) is 145 Å². The van der Waals surface area contributed by atoms with Gasteiger partial charge in [-0.1, -0.05) is 12.6 Å². The lowest BCUT2D eigenvalue weighted by Crippen LogP contribution is -2.74. The van der Waals surface area contributed by atoms with E-state index in [1.807, 2.05) is 24.3 Å². The number of benzene rings is 2. The number of carbonyl (C=O) groups is 3. The number of likely N-dealkylation sites (tertiary alicyclic amines) is 1. The van der Waals surface area contributed by atoms with Gasteiger partial charge in [-0.05, 0) is 53.0 Å². The number of nitro benzene ring substituents is 1. The van der Waals surface area contributed by atoms with E-state index in [2.05, 4.69) is 11.9 Å². The van der Waals surface area contributed by atoms with Gasteiger partial charge in [0.15, 0.2) is 11.4 Å². The van der Waals surface area contributed by atoms with Crippen LogP contribution in [0.2, 0.25) is 0 Å². The van der Waals surface area contributed by atoms with Crippen molar-refractivity contribution in [2.45, 2.75) is 37.9 Å². The average molecular weight is 536 g/mol. The predicted octanol–water partition coefficient (Wildman–Crippen LogP) is 2.95. The van der Waals surface area contributed by atoms with Gasteiger partial charge in [-0.3, -0.25) is 19.7 Å². The van der Waals surface area contributed by atoms with E-state index in [1.54, 1.807) is 0 Å². The fourth-order valence-electron chi connectivity index (χ4n) is 3.49. The molecule has 36 heavy (non-hydrogen) atoms. The van der Waals surface area contributed by atoms with E-state index in [1.165, 1.54) is 38.1 Å². The summed E-state index contributed by atoms with van der Waals surface area (Å²) >= 11 is 0. The molecule has 3 heterocycles. The molecule has 1 N–H and O–H groups in total. The SMILES string of the molecule is C=C(C)C(C(=O)OCc1ccc([N+](=O)[O-])cc1)N1C(=O)C(NC(C)=O)C1S(=O)Cl.c1cc2cc(c1)O2. The average Bonchev–Trinajstić information content (AvgIpc) is 2.81. The molecule has 3 aliphatic heterocycles. The fraction of sp³-hybridized carbons (Fsp3) is 0.261.